The van der Waals surface area contributed by atoms with Crippen molar-refractivity contribution in [3.8, 4) is 0 Å². The third kappa shape index (κ3) is 2.12. The van der Waals surface area contributed by atoms with Crippen LogP contribution in [0.4, 0.5) is 4.39 Å². The number of aliphatic hydroxyl groups excluding tert-OH is 1. The third-order valence-corrected chi connectivity index (χ3v) is 1.92. The van der Waals surface area contributed by atoms with Gasteiger partial charge in [0.2, 0.25) is 0 Å². The van der Waals surface area contributed by atoms with Crippen LogP contribution in [-0.4, -0.2) is 11.4 Å². The summed E-state index contributed by atoms with van der Waals surface area (Å²) in [5.74, 6) is -0.583. The first-order valence-corrected chi connectivity index (χ1v) is 4.11. The highest BCUT2D eigenvalue weighted by Gasteiger charge is 2.07. The number of hydrogen-bond acceptors (Lipinski definition) is 2. The SMILES string of the molecule is CCC(O)c1ccc(C=O)c(F)c1. The van der Waals surface area contributed by atoms with E-state index in [1.54, 1.807) is 13.0 Å². The second-order valence-electron chi connectivity index (χ2n) is 2.82. The van der Waals surface area contributed by atoms with Gasteiger partial charge in [-0.2, -0.15) is 0 Å². The summed E-state index contributed by atoms with van der Waals surface area (Å²) < 4.78 is 13.0. The molecule has 3 heteroatoms. The Kier molecular flexibility index (Phi) is 3.14. The fraction of sp³-hybridized carbons (Fsp3) is 0.300. The van der Waals surface area contributed by atoms with Crippen LogP contribution in [0, 0.1) is 5.82 Å². The summed E-state index contributed by atoms with van der Waals surface area (Å²) in [6.45, 7) is 1.80. The van der Waals surface area contributed by atoms with E-state index in [1.807, 2.05) is 0 Å². The van der Waals surface area contributed by atoms with Crippen LogP contribution in [0.15, 0.2) is 18.2 Å². The molecule has 1 aromatic rings. The van der Waals surface area contributed by atoms with Gasteiger partial charge in [-0.05, 0) is 24.1 Å². The predicted molar refractivity (Wildman–Crippen MR) is 47.0 cm³/mol. The van der Waals surface area contributed by atoms with Crippen molar-refractivity contribution < 1.29 is 14.3 Å². The van der Waals surface area contributed by atoms with Gasteiger partial charge in [0.15, 0.2) is 6.29 Å². The topological polar surface area (TPSA) is 37.3 Å². The first kappa shape index (κ1) is 9.86. The molecule has 0 saturated carbocycles. The number of rotatable bonds is 3. The number of halogens is 1. The molecule has 0 bridgehead atoms. The molecule has 1 rings (SSSR count). The molecule has 0 aromatic heterocycles. The number of aldehydes is 1. The van der Waals surface area contributed by atoms with Crippen molar-refractivity contribution in [1.29, 1.82) is 0 Å². The van der Waals surface area contributed by atoms with Crippen molar-refractivity contribution in [1.82, 2.24) is 0 Å². The summed E-state index contributed by atoms with van der Waals surface area (Å²) in [4.78, 5) is 10.3. The van der Waals surface area contributed by atoms with Crippen LogP contribution in [0.25, 0.3) is 0 Å². The van der Waals surface area contributed by atoms with E-state index < -0.39 is 11.9 Å². The summed E-state index contributed by atoms with van der Waals surface area (Å²) in [6, 6.07) is 4.12. The smallest absolute Gasteiger partial charge is 0.152 e. The summed E-state index contributed by atoms with van der Waals surface area (Å²) in [5.41, 5.74) is 0.526. The number of hydrogen-bond donors (Lipinski definition) is 1. The Balaban J connectivity index is 3.02. The van der Waals surface area contributed by atoms with Crippen molar-refractivity contribution in [2.75, 3.05) is 0 Å². The fourth-order valence-corrected chi connectivity index (χ4v) is 1.08. The second kappa shape index (κ2) is 4.14. The van der Waals surface area contributed by atoms with Crippen LogP contribution in [0.1, 0.15) is 35.4 Å². The molecule has 0 spiro atoms. The van der Waals surface area contributed by atoms with E-state index in [9.17, 15) is 14.3 Å². The Morgan fingerprint density at radius 3 is 2.77 bits per heavy atom. The van der Waals surface area contributed by atoms with Crippen LogP contribution in [-0.2, 0) is 0 Å². The molecule has 0 aliphatic carbocycles. The molecule has 1 atom stereocenters. The maximum Gasteiger partial charge on any atom is 0.152 e. The average Bonchev–Trinajstić information content (AvgIpc) is 2.16. The normalized spacial score (nSPS) is 12.5. The average molecular weight is 182 g/mol. The lowest BCUT2D eigenvalue weighted by Gasteiger charge is -2.07. The van der Waals surface area contributed by atoms with Crippen molar-refractivity contribution in [2.45, 2.75) is 19.4 Å². The molecule has 70 valence electrons. The molecular formula is C10H11FO2. The van der Waals surface area contributed by atoms with Crippen LogP contribution in [0.3, 0.4) is 0 Å². The first-order valence-electron chi connectivity index (χ1n) is 4.11. The number of carbonyl (C=O) groups is 1. The van der Waals surface area contributed by atoms with Crippen molar-refractivity contribution in [2.24, 2.45) is 0 Å². The molecule has 0 saturated heterocycles. The highest BCUT2D eigenvalue weighted by Crippen LogP contribution is 2.18. The van der Waals surface area contributed by atoms with Gasteiger partial charge in [0, 0.05) is 0 Å². The molecule has 2 nitrogen and oxygen atoms in total. The molecule has 0 heterocycles. The molecular weight excluding hydrogens is 171 g/mol. The molecule has 1 aromatic carbocycles. The highest BCUT2D eigenvalue weighted by molar-refractivity contribution is 5.75. The lowest BCUT2D eigenvalue weighted by Crippen LogP contribution is -1.97. The van der Waals surface area contributed by atoms with Gasteiger partial charge in [0.05, 0.1) is 11.7 Å². The van der Waals surface area contributed by atoms with Gasteiger partial charge in [-0.1, -0.05) is 13.0 Å². The van der Waals surface area contributed by atoms with Crippen LogP contribution in [0.2, 0.25) is 0 Å². The van der Waals surface area contributed by atoms with Gasteiger partial charge < -0.3 is 5.11 Å². The standard InChI is InChI=1S/C10H11FO2/c1-2-10(13)7-3-4-8(6-12)9(11)5-7/h3-6,10,13H,2H2,1H3. The lowest BCUT2D eigenvalue weighted by molar-refractivity contribution is 0.111. The van der Waals surface area contributed by atoms with E-state index in [0.29, 0.717) is 18.3 Å². The van der Waals surface area contributed by atoms with Crippen LogP contribution in [0.5, 0.6) is 0 Å². The zero-order chi connectivity index (χ0) is 9.84. The van der Waals surface area contributed by atoms with Crippen LogP contribution < -0.4 is 0 Å². The third-order valence-electron chi connectivity index (χ3n) is 1.92. The monoisotopic (exact) mass is 182 g/mol. The van der Waals surface area contributed by atoms with Gasteiger partial charge in [-0.15, -0.1) is 0 Å². The Morgan fingerprint density at radius 1 is 1.62 bits per heavy atom. The van der Waals surface area contributed by atoms with E-state index in [-0.39, 0.29) is 5.56 Å². The largest absolute Gasteiger partial charge is 0.388 e. The Morgan fingerprint density at radius 2 is 2.31 bits per heavy atom. The molecule has 1 N–H and O–H groups in total. The first-order chi connectivity index (χ1) is 6.19. The maximum absolute atomic E-state index is 13.0. The van der Waals surface area contributed by atoms with Crippen molar-refractivity contribution in [3.63, 3.8) is 0 Å². The highest BCUT2D eigenvalue weighted by atomic mass is 19.1. The van der Waals surface area contributed by atoms with Crippen molar-refractivity contribution >= 4 is 6.29 Å². The van der Waals surface area contributed by atoms with Gasteiger partial charge in [0.25, 0.3) is 0 Å². The van der Waals surface area contributed by atoms with E-state index in [0.717, 1.165) is 0 Å². The van der Waals surface area contributed by atoms with Gasteiger partial charge >= 0.3 is 0 Å². The molecule has 13 heavy (non-hydrogen) atoms. The molecule has 1 unspecified atom stereocenters. The zero-order valence-electron chi connectivity index (χ0n) is 7.33. The van der Waals surface area contributed by atoms with Gasteiger partial charge in [-0.3, -0.25) is 4.79 Å². The van der Waals surface area contributed by atoms with E-state index in [1.165, 1.54) is 12.1 Å². The molecule has 0 fully saturated rings. The Labute approximate surface area is 76.0 Å². The summed E-state index contributed by atoms with van der Waals surface area (Å²) >= 11 is 0. The van der Waals surface area contributed by atoms with E-state index in [4.69, 9.17) is 0 Å². The van der Waals surface area contributed by atoms with Crippen molar-refractivity contribution in [3.05, 3.63) is 35.1 Å². The molecule has 0 aliphatic heterocycles. The molecule has 0 amide bonds. The van der Waals surface area contributed by atoms with Crippen LogP contribution >= 0.6 is 0 Å². The fourth-order valence-electron chi connectivity index (χ4n) is 1.08. The quantitative estimate of drug-likeness (QED) is 0.726. The Bertz CT molecular complexity index is 310. The minimum Gasteiger partial charge on any atom is -0.388 e. The van der Waals surface area contributed by atoms with Gasteiger partial charge in [-0.25, -0.2) is 4.39 Å². The lowest BCUT2D eigenvalue weighted by atomic mass is 10.1. The Hall–Kier alpha value is -1.22. The number of aliphatic hydroxyl groups is 1. The molecule has 0 aliphatic rings. The minimum absolute atomic E-state index is 0.0204. The summed E-state index contributed by atoms with van der Waals surface area (Å²) in [5, 5.41) is 9.36. The number of benzene rings is 1. The summed E-state index contributed by atoms with van der Waals surface area (Å²) in [6.07, 6.45) is 0.326. The predicted octanol–water partition coefficient (Wildman–Crippen LogP) is 2.08. The minimum atomic E-state index is -0.657. The molecule has 0 radical (unpaired) electrons. The summed E-state index contributed by atoms with van der Waals surface area (Å²) in [7, 11) is 0. The zero-order valence-corrected chi connectivity index (χ0v) is 7.33. The van der Waals surface area contributed by atoms with Gasteiger partial charge in [0.1, 0.15) is 5.82 Å². The maximum atomic E-state index is 13.0. The van der Waals surface area contributed by atoms with E-state index in [2.05, 4.69) is 0 Å². The number of carbonyl (C=O) groups excluding carboxylic acids is 1. The second-order valence-corrected chi connectivity index (χ2v) is 2.82. The van der Waals surface area contributed by atoms with E-state index >= 15 is 0 Å².